The van der Waals surface area contributed by atoms with Crippen LogP contribution in [0.3, 0.4) is 0 Å². The fourth-order valence-corrected chi connectivity index (χ4v) is 4.10. The molecule has 1 aliphatic carbocycles. The highest BCUT2D eigenvalue weighted by molar-refractivity contribution is 9.10. The molecule has 18 heavy (non-hydrogen) atoms. The van der Waals surface area contributed by atoms with Crippen molar-refractivity contribution in [3.05, 3.63) is 28.2 Å². The number of thioether (sulfide) groups is 1. The Morgan fingerprint density at radius 1 is 1.44 bits per heavy atom. The first-order chi connectivity index (χ1) is 8.70. The Kier molecular flexibility index (Phi) is 4.95. The largest absolute Gasteiger partial charge is 0.409 e. The lowest BCUT2D eigenvalue weighted by atomic mass is 10.1. The molecule has 0 amide bonds. The van der Waals surface area contributed by atoms with Gasteiger partial charge in [-0.05, 0) is 52.9 Å². The van der Waals surface area contributed by atoms with Crippen LogP contribution in [0.15, 0.2) is 32.7 Å². The average Bonchev–Trinajstić information content (AvgIpc) is 2.88. The third kappa shape index (κ3) is 3.42. The molecule has 1 aromatic rings. The molecule has 0 atom stereocenters. The maximum absolute atomic E-state index is 8.67. The Bertz CT molecular complexity index is 445. The molecule has 0 spiro atoms. The molecule has 1 fully saturated rings. The van der Waals surface area contributed by atoms with Gasteiger partial charge in [0.1, 0.15) is 0 Å². The number of hydrogen-bond acceptors (Lipinski definition) is 3. The second-order valence-corrected chi connectivity index (χ2v) is 6.54. The van der Waals surface area contributed by atoms with E-state index >= 15 is 0 Å². The number of nitrogens with zero attached hydrogens (tertiary/aromatic N) is 1. The molecule has 1 aromatic carbocycles. The lowest BCUT2D eigenvalue weighted by molar-refractivity contribution is 0.318. The van der Waals surface area contributed by atoms with Gasteiger partial charge in [0.15, 0.2) is 5.84 Å². The van der Waals surface area contributed by atoms with Gasteiger partial charge in [0.25, 0.3) is 0 Å². The number of amidine groups is 1. The first-order valence-corrected chi connectivity index (χ1v) is 7.89. The molecule has 3 N–H and O–H groups in total. The highest BCUT2D eigenvalue weighted by Gasteiger charge is 2.15. The Morgan fingerprint density at radius 2 is 2.17 bits per heavy atom. The number of hydrogen-bond donors (Lipinski definition) is 2. The summed E-state index contributed by atoms with van der Waals surface area (Å²) < 4.78 is 0.870. The predicted molar refractivity (Wildman–Crippen MR) is 79.3 cm³/mol. The Labute approximate surface area is 120 Å². The van der Waals surface area contributed by atoms with E-state index in [0.29, 0.717) is 0 Å². The number of nitrogens with two attached hydrogens (primary N) is 1. The second kappa shape index (κ2) is 6.48. The zero-order chi connectivity index (χ0) is 13.0. The van der Waals surface area contributed by atoms with E-state index in [-0.39, 0.29) is 5.84 Å². The van der Waals surface area contributed by atoms with Crippen LogP contribution in [0.2, 0.25) is 0 Å². The topological polar surface area (TPSA) is 58.6 Å². The molecule has 5 heteroatoms. The van der Waals surface area contributed by atoms with Crippen molar-refractivity contribution in [3.8, 4) is 0 Å². The van der Waals surface area contributed by atoms with Gasteiger partial charge in [0, 0.05) is 20.7 Å². The summed E-state index contributed by atoms with van der Waals surface area (Å²) in [6.45, 7) is 0. The molecule has 0 unspecified atom stereocenters. The summed E-state index contributed by atoms with van der Waals surface area (Å²) in [5.74, 6) is 2.20. The van der Waals surface area contributed by atoms with Crippen molar-refractivity contribution in [3.63, 3.8) is 0 Å². The third-order valence-corrected chi connectivity index (χ3v) is 5.17. The maximum atomic E-state index is 8.67. The summed E-state index contributed by atoms with van der Waals surface area (Å²) >= 11 is 5.34. The summed E-state index contributed by atoms with van der Waals surface area (Å²) in [4.78, 5) is 1.23. The first kappa shape index (κ1) is 13.7. The lowest BCUT2D eigenvalue weighted by Crippen LogP contribution is -2.13. The molecule has 1 aliphatic rings. The standard InChI is InChI=1S/C13H17BrN2OS/c14-12-7-10(5-6-11(12)13(15)16-17)18-8-9-3-1-2-4-9/h5-7,9,17H,1-4,8H2,(H2,15,16). The minimum atomic E-state index is 0.134. The van der Waals surface area contributed by atoms with Gasteiger partial charge in [0.05, 0.1) is 0 Å². The molecule has 0 heterocycles. The smallest absolute Gasteiger partial charge is 0.171 e. The number of rotatable bonds is 4. The van der Waals surface area contributed by atoms with Crippen LogP contribution in [0.4, 0.5) is 0 Å². The summed E-state index contributed by atoms with van der Waals surface area (Å²) in [6.07, 6.45) is 5.52. The molecule has 1 saturated carbocycles. The van der Waals surface area contributed by atoms with Crippen molar-refractivity contribution in [1.29, 1.82) is 0 Å². The van der Waals surface area contributed by atoms with Gasteiger partial charge < -0.3 is 10.9 Å². The van der Waals surface area contributed by atoms with Crippen LogP contribution in [-0.4, -0.2) is 16.8 Å². The van der Waals surface area contributed by atoms with Crippen LogP contribution in [0.1, 0.15) is 31.2 Å². The second-order valence-electron chi connectivity index (χ2n) is 4.59. The zero-order valence-electron chi connectivity index (χ0n) is 10.1. The minimum absolute atomic E-state index is 0.134. The van der Waals surface area contributed by atoms with Crippen LogP contribution >= 0.6 is 27.7 Å². The monoisotopic (exact) mass is 328 g/mol. The van der Waals surface area contributed by atoms with Gasteiger partial charge in [-0.25, -0.2) is 0 Å². The SMILES string of the molecule is N/C(=N/O)c1ccc(SCC2CCCC2)cc1Br. The van der Waals surface area contributed by atoms with Crippen molar-refractivity contribution in [2.45, 2.75) is 30.6 Å². The summed E-state index contributed by atoms with van der Waals surface area (Å²) in [7, 11) is 0. The van der Waals surface area contributed by atoms with E-state index in [1.807, 2.05) is 30.0 Å². The molecule has 3 nitrogen and oxygen atoms in total. The van der Waals surface area contributed by atoms with Gasteiger partial charge in [-0.2, -0.15) is 0 Å². The maximum Gasteiger partial charge on any atom is 0.171 e. The van der Waals surface area contributed by atoms with Crippen LogP contribution in [-0.2, 0) is 0 Å². The Balaban J connectivity index is 1.99. The van der Waals surface area contributed by atoms with Gasteiger partial charge in [-0.3, -0.25) is 0 Å². The Morgan fingerprint density at radius 3 is 2.78 bits per heavy atom. The highest BCUT2D eigenvalue weighted by atomic mass is 79.9. The van der Waals surface area contributed by atoms with Crippen molar-refractivity contribution in [2.24, 2.45) is 16.8 Å². The van der Waals surface area contributed by atoms with E-state index in [2.05, 4.69) is 21.1 Å². The number of halogens is 1. The average molecular weight is 329 g/mol. The van der Waals surface area contributed by atoms with Crippen molar-refractivity contribution in [1.82, 2.24) is 0 Å². The molecular weight excluding hydrogens is 312 g/mol. The fourth-order valence-electron chi connectivity index (χ4n) is 2.24. The van der Waals surface area contributed by atoms with Crippen molar-refractivity contribution >= 4 is 33.5 Å². The normalized spacial score (nSPS) is 17.3. The summed E-state index contributed by atoms with van der Waals surface area (Å²) in [6, 6.07) is 5.95. The third-order valence-electron chi connectivity index (χ3n) is 3.28. The van der Waals surface area contributed by atoms with Crippen LogP contribution < -0.4 is 5.73 Å². The molecule has 0 aliphatic heterocycles. The van der Waals surface area contributed by atoms with Crippen LogP contribution in [0.25, 0.3) is 0 Å². The van der Waals surface area contributed by atoms with E-state index in [1.54, 1.807) is 0 Å². The van der Waals surface area contributed by atoms with Gasteiger partial charge in [0.2, 0.25) is 0 Å². The quantitative estimate of drug-likeness (QED) is 0.290. The zero-order valence-corrected chi connectivity index (χ0v) is 12.5. The van der Waals surface area contributed by atoms with E-state index in [0.717, 1.165) is 16.0 Å². The van der Waals surface area contributed by atoms with Gasteiger partial charge in [-0.15, -0.1) is 11.8 Å². The molecule has 2 rings (SSSR count). The Hall–Kier alpha value is -0.680. The van der Waals surface area contributed by atoms with E-state index in [9.17, 15) is 0 Å². The molecule has 0 radical (unpaired) electrons. The van der Waals surface area contributed by atoms with Gasteiger partial charge in [-0.1, -0.05) is 18.0 Å². The molecular formula is C13H17BrN2OS. The van der Waals surface area contributed by atoms with Crippen molar-refractivity contribution in [2.75, 3.05) is 5.75 Å². The summed E-state index contributed by atoms with van der Waals surface area (Å²) in [5.41, 5.74) is 6.31. The van der Waals surface area contributed by atoms with Crippen LogP contribution in [0, 0.1) is 5.92 Å². The minimum Gasteiger partial charge on any atom is -0.409 e. The molecule has 98 valence electrons. The molecule has 0 aromatic heterocycles. The van der Waals surface area contributed by atoms with Crippen LogP contribution in [0.5, 0.6) is 0 Å². The van der Waals surface area contributed by atoms with Crippen molar-refractivity contribution < 1.29 is 5.21 Å². The lowest BCUT2D eigenvalue weighted by Gasteiger charge is -2.09. The van der Waals surface area contributed by atoms with Gasteiger partial charge >= 0.3 is 0 Å². The van der Waals surface area contributed by atoms with E-state index in [4.69, 9.17) is 10.9 Å². The number of oxime groups is 1. The first-order valence-electron chi connectivity index (χ1n) is 6.11. The van der Waals surface area contributed by atoms with E-state index < -0.39 is 0 Å². The predicted octanol–water partition coefficient (Wildman–Crippen LogP) is 3.83. The molecule has 0 saturated heterocycles. The fraction of sp³-hybridized carbons (Fsp3) is 0.462. The number of benzene rings is 1. The van der Waals surface area contributed by atoms with E-state index in [1.165, 1.54) is 36.3 Å². The summed E-state index contributed by atoms with van der Waals surface area (Å²) in [5, 5.41) is 11.7. The molecule has 0 bridgehead atoms. The highest BCUT2D eigenvalue weighted by Crippen LogP contribution is 2.32.